The maximum Gasteiger partial charge on any atom is 0.229 e. The highest BCUT2D eigenvalue weighted by atomic mass is 16.7. The van der Waals surface area contributed by atoms with Crippen molar-refractivity contribution in [1.82, 2.24) is 0 Å². The molecule has 6 N–H and O–H groups in total. The third kappa shape index (κ3) is 2.99. The summed E-state index contributed by atoms with van der Waals surface area (Å²) >= 11 is 0. The summed E-state index contributed by atoms with van der Waals surface area (Å²) in [5.74, 6) is -0.0489. The summed E-state index contributed by atoms with van der Waals surface area (Å²) in [5, 5.41) is 59.9. The number of aromatic hydroxyl groups is 2. The van der Waals surface area contributed by atoms with Crippen LogP contribution < -0.4 is 4.74 Å². The zero-order valence-electron chi connectivity index (χ0n) is 13.4. The maximum atomic E-state index is 10.2. The van der Waals surface area contributed by atoms with Crippen LogP contribution in [0, 0.1) is 6.92 Å². The highest BCUT2D eigenvalue weighted by molar-refractivity contribution is 5.98. The van der Waals surface area contributed by atoms with Crippen molar-refractivity contribution >= 4 is 10.8 Å². The summed E-state index contributed by atoms with van der Waals surface area (Å²) in [5.41, 5.74) is 0.470. The fraction of sp³-hybridized carbons (Fsp3) is 0.412. The minimum Gasteiger partial charge on any atom is -0.507 e. The molecule has 2 aromatic carbocycles. The molecule has 0 aliphatic carbocycles. The Morgan fingerprint density at radius 1 is 1.08 bits per heavy atom. The Morgan fingerprint density at radius 2 is 1.80 bits per heavy atom. The number of aliphatic hydroxyl groups excluding tert-OH is 4. The number of ether oxygens (including phenoxy) is 2. The van der Waals surface area contributed by atoms with Gasteiger partial charge in [0, 0.05) is 5.39 Å². The zero-order chi connectivity index (χ0) is 18.3. The van der Waals surface area contributed by atoms with Crippen molar-refractivity contribution in [2.45, 2.75) is 37.6 Å². The molecule has 0 bridgehead atoms. The van der Waals surface area contributed by atoms with E-state index in [0.717, 1.165) is 0 Å². The third-order valence-corrected chi connectivity index (χ3v) is 4.36. The molecule has 0 amide bonds. The van der Waals surface area contributed by atoms with Gasteiger partial charge in [-0.1, -0.05) is 12.1 Å². The zero-order valence-corrected chi connectivity index (χ0v) is 13.4. The lowest BCUT2D eigenvalue weighted by molar-refractivity contribution is -0.277. The van der Waals surface area contributed by atoms with Gasteiger partial charge in [-0.25, -0.2) is 0 Å². The summed E-state index contributed by atoms with van der Waals surface area (Å²) in [4.78, 5) is 0. The SMILES string of the molecule is Cc1cc(OC2OC(CO)C(O)C(O)C2O)c2c(O)cccc2c1O. The van der Waals surface area contributed by atoms with E-state index in [2.05, 4.69) is 0 Å². The van der Waals surface area contributed by atoms with E-state index in [0.29, 0.717) is 10.9 Å². The minimum atomic E-state index is -1.58. The molecule has 0 spiro atoms. The molecule has 136 valence electrons. The van der Waals surface area contributed by atoms with Crippen molar-refractivity contribution in [2.75, 3.05) is 6.61 Å². The van der Waals surface area contributed by atoms with E-state index in [-0.39, 0.29) is 22.6 Å². The molecule has 0 aromatic heterocycles. The van der Waals surface area contributed by atoms with Gasteiger partial charge in [-0.05, 0) is 24.6 Å². The molecule has 1 saturated heterocycles. The van der Waals surface area contributed by atoms with Gasteiger partial charge in [0.15, 0.2) is 0 Å². The van der Waals surface area contributed by atoms with Crippen LogP contribution in [0.3, 0.4) is 0 Å². The Morgan fingerprint density at radius 3 is 2.48 bits per heavy atom. The van der Waals surface area contributed by atoms with Crippen molar-refractivity contribution in [3.05, 3.63) is 29.8 Å². The first-order chi connectivity index (χ1) is 11.8. The second kappa shape index (κ2) is 6.66. The van der Waals surface area contributed by atoms with E-state index in [1.54, 1.807) is 19.1 Å². The van der Waals surface area contributed by atoms with E-state index in [4.69, 9.17) is 9.47 Å². The van der Waals surface area contributed by atoms with Crippen LogP contribution in [0.1, 0.15) is 5.56 Å². The Hall–Kier alpha value is -2.10. The number of benzene rings is 2. The normalized spacial score (nSPS) is 29.7. The second-order valence-electron chi connectivity index (χ2n) is 6.06. The molecule has 25 heavy (non-hydrogen) atoms. The highest BCUT2D eigenvalue weighted by Gasteiger charge is 2.44. The van der Waals surface area contributed by atoms with Crippen LogP contribution in [0.2, 0.25) is 0 Å². The first-order valence-electron chi connectivity index (χ1n) is 7.76. The molecular formula is C17H20O8. The van der Waals surface area contributed by atoms with Gasteiger partial charge in [0.2, 0.25) is 6.29 Å². The van der Waals surface area contributed by atoms with E-state index in [9.17, 15) is 30.6 Å². The number of phenols is 2. The van der Waals surface area contributed by atoms with Crippen LogP contribution in [0.4, 0.5) is 0 Å². The lowest BCUT2D eigenvalue weighted by Crippen LogP contribution is -2.60. The Bertz CT molecular complexity index is 775. The predicted octanol–water partition coefficient (Wildman–Crippen LogP) is -0.262. The molecule has 5 unspecified atom stereocenters. The molecule has 0 saturated carbocycles. The summed E-state index contributed by atoms with van der Waals surface area (Å²) in [7, 11) is 0. The second-order valence-corrected chi connectivity index (χ2v) is 6.06. The summed E-state index contributed by atoms with van der Waals surface area (Å²) < 4.78 is 10.9. The van der Waals surface area contributed by atoms with E-state index in [1.165, 1.54) is 12.1 Å². The average Bonchev–Trinajstić information content (AvgIpc) is 2.59. The first kappa shape index (κ1) is 17.7. The molecule has 1 heterocycles. The molecule has 8 heteroatoms. The number of phenolic OH excluding ortho intramolecular Hbond substituents is 2. The molecule has 1 aliphatic rings. The van der Waals surface area contributed by atoms with E-state index < -0.39 is 37.3 Å². The summed E-state index contributed by atoms with van der Waals surface area (Å²) in [6.45, 7) is 1.06. The number of aliphatic hydroxyl groups is 4. The largest absolute Gasteiger partial charge is 0.507 e. The number of fused-ring (bicyclic) bond motifs is 1. The Balaban J connectivity index is 2.02. The molecule has 1 aliphatic heterocycles. The van der Waals surface area contributed by atoms with Gasteiger partial charge < -0.3 is 40.1 Å². The molecule has 0 radical (unpaired) electrons. The van der Waals surface area contributed by atoms with Crippen molar-refractivity contribution in [2.24, 2.45) is 0 Å². The lowest BCUT2D eigenvalue weighted by Gasteiger charge is -2.39. The van der Waals surface area contributed by atoms with Gasteiger partial charge in [0.05, 0.1) is 12.0 Å². The van der Waals surface area contributed by atoms with Gasteiger partial charge >= 0.3 is 0 Å². The smallest absolute Gasteiger partial charge is 0.229 e. The Kier molecular flexibility index (Phi) is 4.72. The first-order valence-corrected chi connectivity index (χ1v) is 7.76. The molecule has 2 aromatic rings. The summed E-state index contributed by atoms with van der Waals surface area (Å²) in [6.07, 6.45) is -7.14. The molecule has 1 fully saturated rings. The van der Waals surface area contributed by atoms with Crippen LogP contribution in [0.25, 0.3) is 10.8 Å². The molecule has 3 rings (SSSR count). The predicted molar refractivity (Wildman–Crippen MR) is 86.4 cm³/mol. The third-order valence-electron chi connectivity index (χ3n) is 4.36. The number of hydrogen-bond acceptors (Lipinski definition) is 8. The van der Waals surface area contributed by atoms with Crippen molar-refractivity contribution in [1.29, 1.82) is 0 Å². The van der Waals surface area contributed by atoms with Gasteiger partial charge in [-0.3, -0.25) is 0 Å². The quantitative estimate of drug-likeness (QED) is 0.444. The van der Waals surface area contributed by atoms with E-state index in [1.807, 2.05) is 0 Å². The van der Waals surface area contributed by atoms with Crippen LogP contribution in [0.5, 0.6) is 17.2 Å². The minimum absolute atomic E-state index is 0.0212. The van der Waals surface area contributed by atoms with Gasteiger partial charge in [-0.2, -0.15) is 0 Å². The average molecular weight is 352 g/mol. The van der Waals surface area contributed by atoms with E-state index >= 15 is 0 Å². The number of rotatable bonds is 3. The topological polar surface area (TPSA) is 140 Å². The van der Waals surface area contributed by atoms with Crippen LogP contribution in [0.15, 0.2) is 24.3 Å². The molecular weight excluding hydrogens is 332 g/mol. The number of aryl methyl sites for hydroxylation is 1. The van der Waals surface area contributed by atoms with Crippen molar-refractivity contribution in [3.63, 3.8) is 0 Å². The van der Waals surface area contributed by atoms with Crippen LogP contribution in [-0.4, -0.2) is 68.0 Å². The van der Waals surface area contributed by atoms with Gasteiger partial charge in [0.1, 0.15) is 41.7 Å². The Labute approximate surface area is 143 Å². The van der Waals surface area contributed by atoms with Crippen LogP contribution in [-0.2, 0) is 4.74 Å². The van der Waals surface area contributed by atoms with Gasteiger partial charge in [0.25, 0.3) is 0 Å². The fourth-order valence-electron chi connectivity index (χ4n) is 2.93. The summed E-state index contributed by atoms with van der Waals surface area (Å²) in [6, 6.07) is 6.03. The highest BCUT2D eigenvalue weighted by Crippen LogP contribution is 2.41. The number of hydrogen-bond donors (Lipinski definition) is 6. The standard InChI is InChI=1S/C17H20O8/c1-7-5-10(12-8(13(7)20)3-2-4-9(12)19)24-17-16(23)15(22)14(21)11(6-18)25-17/h2-5,11,14-23H,6H2,1H3. The van der Waals surface area contributed by atoms with Crippen molar-refractivity contribution in [3.8, 4) is 17.2 Å². The monoisotopic (exact) mass is 352 g/mol. The molecule has 5 atom stereocenters. The van der Waals surface area contributed by atoms with Gasteiger partial charge in [-0.15, -0.1) is 0 Å². The molecule has 8 nitrogen and oxygen atoms in total. The fourth-order valence-corrected chi connectivity index (χ4v) is 2.93. The van der Waals surface area contributed by atoms with Crippen molar-refractivity contribution < 1.29 is 40.1 Å². The van der Waals surface area contributed by atoms with Crippen LogP contribution >= 0.6 is 0 Å². The lowest BCUT2D eigenvalue weighted by atomic mass is 9.99. The maximum absolute atomic E-state index is 10.2.